The molecule has 0 bridgehead atoms. The number of ether oxygens (including phenoxy) is 2. The second kappa shape index (κ2) is 7.19. The van der Waals surface area contributed by atoms with E-state index in [2.05, 4.69) is 11.9 Å². The number of methoxy groups -OCH3 is 1. The number of hydrogen-bond acceptors (Lipinski definition) is 4. The molecule has 0 aliphatic carbocycles. The molecule has 0 radical (unpaired) electrons. The number of pyridine rings is 1. The first-order chi connectivity index (χ1) is 7.77. The smallest absolute Gasteiger partial charge is 0.137 e. The topological polar surface area (TPSA) is 51.6 Å². The van der Waals surface area contributed by atoms with Crippen molar-refractivity contribution >= 4 is 0 Å². The molecule has 0 spiro atoms. The molecule has 1 rings (SSSR count). The largest absolute Gasteiger partial charge is 0.495 e. The molecule has 16 heavy (non-hydrogen) atoms. The van der Waals surface area contributed by atoms with Gasteiger partial charge in [0, 0.05) is 31.4 Å². The van der Waals surface area contributed by atoms with Gasteiger partial charge in [-0.15, -0.1) is 0 Å². The SMILES string of the molecule is CCCOCCC(O)c1cncc(OC)c1. The second-order valence-electron chi connectivity index (χ2n) is 3.57. The Bertz CT molecular complexity index is 304. The van der Waals surface area contributed by atoms with Crippen molar-refractivity contribution in [1.82, 2.24) is 4.98 Å². The summed E-state index contributed by atoms with van der Waals surface area (Å²) in [5, 5.41) is 9.86. The van der Waals surface area contributed by atoms with Crippen LogP contribution in [0.25, 0.3) is 0 Å². The summed E-state index contributed by atoms with van der Waals surface area (Å²) in [4.78, 5) is 4.00. The van der Waals surface area contributed by atoms with Crippen molar-refractivity contribution in [2.24, 2.45) is 0 Å². The summed E-state index contributed by atoms with van der Waals surface area (Å²) >= 11 is 0. The molecule has 0 amide bonds. The standard InChI is InChI=1S/C12H19NO3/c1-3-5-16-6-4-12(14)10-7-11(15-2)9-13-8-10/h7-9,12,14H,3-6H2,1-2H3. The van der Waals surface area contributed by atoms with E-state index in [-0.39, 0.29) is 0 Å². The van der Waals surface area contributed by atoms with Crippen LogP contribution in [-0.2, 0) is 4.74 Å². The lowest BCUT2D eigenvalue weighted by Gasteiger charge is -2.11. The maximum absolute atomic E-state index is 9.86. The molecule has 1 atom stereocenters. The Morgan fingerprint density at radius 2 is 2.19 bits per heavy atom. The number of rotatable bonds is 7. The van der Waals surface area contributed by atoms with Crippen LogP contribution in [0, 0.1) is 0 Å². The molecule has 0 aliphatic rings. The lowest BCUT2D eigenvalue weighted by Crippen LogP contribution is -2.04. The van der Waals surface area contributed by atoms with Crippen molar-refractivity contribution in [2.45, 2.75) is 25.9 Å². The first-order valence-electron chi connectivity index (χ1n) is 5.52. The van der Waals surface area contributed by atoms with Gasteiger partial charge in [-0.3, -0.25) is 4.98 Å². The van der Waals surface area contributed by atoms with E-state index in [1.165, 1.54) is 0 Å². The van der Waals surface area contributed by atoms with E-state index >= 15 is 0 Å². The predicted molar refractivity (Wildman–Crippen MR) is 61.5 cm³/mol. The van der Waals surface area contributed by atoms with Gasteiger partial charge < -0.3 is 14.6 Å². The number of aliphatic hydroxyl groups excluding tert-OH is 1. The fourth-order valence-corrected chi connectivity index (χ4v) is 1.34. The second-order valence-corrected chi connectivity index (χ2v) is 3.57. The lowest BCUT2D eigenvalue weighted by molar-refractivity contribution is 0.0819. The third-order valence-corrected chi connectivity index (χ3v) is 2.24. The van der Waals surface area contributed by atoms with Crippen LogP contribution in [0.5, 0.6) is 5.75 Å². The van der Waals surface area contributed by atoms with E-state index in [0.29, 0.717) is 18.8 Å². The molecule has 0 aromatic carbocycles. The van der Waals surface area contributed by atoms with E-state index < -0.39 is 6.10 Å². The number of nitrogens with zero attached hydrogens (tertiary/aromatic N) is 1. The highest BCUT2D eigenvalue weighted by molar-refractivity contribution is 5.24. The summed E-state index contributed by atoms with van der Waals surface area (Å²) in [6.45, 7) is 3.36. The molecule has 90 valence electrons. The zero-order chi connectivity index (χ0) is 11.8. The normalized spacial score (nSPS) is 12.4. The third kappa shape index (κ3) is 4.16. The Hall–Kier alpha value is -1.13. The van der Waals surface area contributed by atoms with Crippen LogP contribution < -0.4 is 4.74 Å². The number of aromatic nitrogens is 1. The molecular weight excluding hydrogens is 206 g/mol. The Balaban J connectivity index is 2.42. The van der Waals surface area contributed by atoms with Gasteiger partial charge >= 0.3 is 0 Å². The molecule has 1 aromatic heterocycles. The number of aliphatic hydroxyl groups is 1. The van der Waals surface area contributed by atoms with Gasteiger partial charge in [0.15, 0.2) is 0 Å². The van der Waals surface area contributed by atoms with Gasteiger partial charge in [0.25, 0.3) is 0 Å². The molecule has 0 saturated heterocycles. The molecule has 0 fully saturated rings. The van der Waals surface area contributed by atoms with Gasteiger partial charge in [-0.2, -0.15) is 0 Å². The van der Waals surface area contributed by atoms with E-state index in [9.17, 15) is 5.11 Å². The van der Waals surface area contributed by atoms with Crippen LogP contribution in [-0.4, -0.2) is 30.4 Å². The molecule has 1 aromatic rings. The fraction of sp³-hybridized carbons (Fsp3) is 0.583. The fourth-order valence-electron chi connectivity index (χ4n) is 1.34. The van der Waals surface area contributed by atoms with Crippen molar-refractivity contribution in [3.63, 3.8) is 0 Å². The van der Waals surface area contributed by atoms with E-state index in [1.807, 2.05) is 0 Å². The highest BCUT2D eigenvalue weighted by atomic mass is 16.5. The lowest BCUT2D eigenvalue weighted by atomic mass is 10.1. The summed E-state index contributed by atoms with van der Waals surface area (Å²) in [5.74, 6) is 0.658. The maximum Gasteiger partial charge on any atom is 0.137 e. The van der Waals surface area contributed by atoms with Crippen LogP contribution in [0.4, 0.5) is 0 Å². The minimum absolute atomic E-state index is 0.542. The molecule has 1 heterocycles. The molecule has 4 nitrogen and oxygen atoms in total. The Kier molecular flexibility index (Phi) is 5.82. The van der Waals surface area contributed by atoms with Crippen LogP contribution in [0.2, 0.25) is 0 Å². The van der Waals surface area contributed by atoms with Crippen molar-refractivity contribution in [3.8, 4) is 5.75 Å². The zero-order valence-corrected chi connectivity index (χ0v) is 9.85. The van der Waals surface area contributed by atoms with E-state index in [4.69, 9.17) is 9.47 Å². The van der Waals surface area contributed by atoms with Crippen molar-refractivity contribution in [3.05, 3.63) is 24.0 Å². The van der Waals surface area contributed by atoms with E-state index in [0.717, 1.165) is 18.6 Å². The van der Waals surface area contributed by atoms with Crippen molar-refractivity contribution in [2.75, 3.05) is 20.3 Å². The van der Waals surface area contributed by atoms with Crippen LogP contribution >= 0.6 is 0 Å². The van der Waals surface area contributed by atoms with Crippen LogP contribution in [0.3, 0.4) is 0 Å². The monoisotopic (exact) mass is 225 g/mol. The first-order valence-corrected chi connectivity index (χ1v) is 5.52. The van der Waals surface area contributed by atoms with Crippen molar-refractivity contribution < 1.29 is 14.6 Å². The molecule has 0 saturated carbocycles. The Morgan fingerprint density at radius 3 is 2.88 bits per heavy atom. The zero-order valence-electron chi connectivity index (χ0n) is 9.85. The van der Waals surface area contributed by atoms with Gasteiger partial charge in [-0.1, -0.05) is 6.92 Å². The Morgan fingerprint density at radius 1 is 1.38 bits per heavy atom. The average molecular weight is 225 g/mol. The summed E-state index contributed by atoms with van der Waals surface area (Å²) in [7, 11) is 1.58. The molecule has 4 heteroatoms. The quantitative estimate of drug-likeness (QED) is 0.720. The van der Waals surface area contributed by atoms with Gasteiger partial charge in [0.05, 0.1) is 19.4 Å². The van der Waals surface area contributed by atoms with Gasteiger partial charge in [0.2, 0.25) is 0 Å². The molecular formula is C12H19NO3. The summed E-state index contributed by atoms with van der Waals surface area (Å²) < 4.78 is 10.4. The molecule has 1 N–H and O–H groups in total. The highest BCUT2D eigenvalue weighted by Gasteiger charge is 2.08. The molecule has 1 unspecified atom stereocenters. The van der Waals surface area contributed by atoms with Crippen LogP contribution in [0.15, 0.2) is 18.5 Å². The minimum Gasteiger partial charge on any atom is -0.495 e. The van der Waals surface area contributed by atoms with Gasteiger partial charge in [0.1, 0.15) is 5.75 Å². The first kappa shape index (κ1) is 12.9. The van der Waals surface area contributed by atoms with Gasteiger partial charge in [-0.05, 0) is 12.5 Å². The molecule has 0 aliphatic heterocycles. The van der Waals surface area contributed by atoms with E-state index in [1.54, 1.807) is 25.6 Å². The minimum atomic E-state index is -0.542. The van der Waals surface area contributed by atoms with Crippen LogP contribution in [0.1, 0.15) is 31.4 Å². The maximum atomic E-state index is 9.86. The number of hydrogen-bond donors (Lipinski definition) is 1. The van der Waals surface area contributed by atoms with Crippen molar-refractivity contribution in [1.29, 1.82) is 0 Å². The highest BCUT2D eigenvalue weighted by Crippen LogP contribution is 2.19. The predicted octanol–water partition coefficient (Wildman–Crippen LogP) is 1.94. The third-order valence-electron chi connectivity index (χ3n) is 2.24. The summed E-state index contributed by atoms with van der Waals surface area (Å²) in [6.07, 6.45) is 4.29. The van der Waals surface area contributed by atoms with Gasteiger partial charge in [-0.25, -0.2) is 0 Å². The summed E-state index contributed by atoms with van der Waals surface area (Å²) in [5.41, 5.74) is 0.763. The Labute approximate surface area is 96.2 Å². The average Bonchev–Trinajstić information content (AvgIpc) is 2.34. The summed E-state index contributed by atoms with van der Waals surface area (Å²) in [6, 6.07) is 1.79.